The van der Waals surface area contributed by atoms with Crippen LogP contribution in [0.3, 0.4) is 0 Å². The maximum absolute atomic E-state index is 10.9. The molecular weight excluding hydrogens is 284 g/mol. The summed E-state index contributed by atoms with van der Waals surface area (Å²) in [6.45, 7) is 0. The molecule has 0 saturated carbocycles. The Balaban J connectivity index is 2.45. The number of carboxylic acid groups (broad SMARTS) is 1. The maximum atomic E-state index is 10.9. The van der Waals surface area contributed by atoms with Crippen molar-refractivity contribution in [2.24, 2.45) is 0 Å². The molecule has 84 valence electrons. The molecule has 0 bridgehead atoms. The van der Waals surface area contributed by atoms with E-state index in [1.165, 1.54) is 6.20 Å². The number of aromatic carboxylic acids is 1. The van der Waals surface area contributed by atoms with Crippen LogP contribution in [0.5, 0.6) is 0 Å². The van der Waals surface area contributed by atoms with Crippen molar-refractivity contribution in [2.45, 2.75) is 0 Å². The van der Waals surface area contributed by atoms with Crippen molar-refractivity contribution in [3.05, 3.63) is 46.8 Å². The van der Waals surface area contributed by atoms with Gasteiger partial charge in [0.15, 0.2) is 5.69 Å². The third-order valence-electron chi connectivity index (χ3n) is 2.62. The number of imidazole rings is 1. The molecule has 2 heterocycles. The Bertz CT molecular complexity index is 749. The largest absolute Gasteiger partial charge is 0.476 e. The van der Waals surface area contributed by atoms with Crippen molar-refractivity contribution >= 4 is 38.3 Å². The van der Waals surface area contributed by atoms with Crippen LogP contribution in [-0.2, 0) is 0 Å². The van der Waals surface area contributed by atoms with Crippen molar-refractivity contribution < 1.29 is 9.90 Å². The maximum Gasteiger partial charge on any atom is 0.356 e. The molecule has 3 aromatic rings. The van der Waals surface area contributed by atoms with E-state index >= 15 is 0 Å². The van der Waals surface area contributed by atoms with Gasteiger partial charge in [0.05, 0.1) is 0 Å². The number of benzene rings is 1. The van der Waals surface area contributed by atoms with E-state index in [-0.39, 0.29) is 5.69 Å². The highest BCUT2D eigenvalue weighted by atomic mass is 79.9. The van der Waals surface area contributed by atoms with Crippen LogP contribution in [0.1, 0.15) is 10.5 Å². The molecule has 0 fully saturated rings. The molecular formula is C12H7BrN2O2. The van der Waals surface area contributed by atoms with Crippen LogP contribution in [0, 0.1) is 0 Å². The zero-order valence-electron chi connectivity index (χ0n) is 8.59. The van der Waals surface area contributed by atoms with Crippen LogP contribution in [-0.4, -0.2) is 20.5 Å². The van der Waals surface area contributed by atoms with Gasteiger partial charge in [-0.25, -0.2) is 9.78 Å². The number of pyridine rings is 1. The fourth-order valence-corrected chi connectivity index (χ4v) is 2.20. The fourth-order valence-electron chi connectivity index (χ4n) is 1.84. The summed E-state index contributed by atoms with van der Waals surface area (Å²) in [6.07, 6.45) is 3.32. The van der Waals surface area contributed by atoms with Gasteiger partial charge in [-0.2, -0.15) is 0 Å². The minimum absolute atomic E-state index is 0.0532. The van der Waals surface area contributed by atoms with Crippen molar-refractivity contribution in [1.29, 1.82) is 0 Å². The highest BCUT2D eigenvalue weighted by Gasteiger charge is 2.10. The minimum Gasteiger partial charge on any atom is -0.476 e. The third-order valence-corrected chi connectivity index (χ3v) is 3.12. The molecule has 2 aromatic heterocycles. The lowest BCUT2D eigenvalue weighted by Crippen LogP contribution is -1.94. The van der Waals surface area contributed by atoms with Gasteiger partial charge >= 0.3 is 5.97 Å². The Hall–Kier alpha value is -1.88. The van der Waals surface area contributed by atoms with E-state index in [0.717, 1.165) is 15.2 Å². The van der Waals surface area contributed by atoms with E-state index in [0.29, 0.717) is 5.65 Å². The van der Waals surface area contributed by atoms with E-state index in [4.69, 9.17) is 5.11 Å². The van der Waals surface area contributed by atoms with Crippen molar-refractivity contribution in [1.82, 2.24) is 9.38 Å². The number of hydrogen-bond acceptors (Lipinski definition) is 2. The Morgan fingerprint density at radius 2 is 2.18 bits per heavy atom. The second-order valence-corrected chi connectivity index (χ2v) is 4.63. The van der Waals surface area contributed by atoms with Crippen molar-refractivity contribution in [3.63, 3.8) is 0 Å². The summed E-state index contributed by atoms with van der Waals surface area (Å²) < 4.78 is 2.66. The van der Waals surface area contributed by atoms with E-state index in [1.807, 2.05) is 30.5 Å². The molecule has 0 aliphatic carbocycles. The van der Waals surface area contributed by atoms with Crippen LogP contribution in [0.25, 0.3) is 16.4 Å². The summed E-state index contributed by atoms with van der Waals surface area (Å²) in [4.78, 5) is 15.0. The van der Waals surface area contributed by atoms with Gasteiger partial charge in [-0.1, -0.05) is 22.0 Å². The topological polar surface area (TPSA) is 54.6 Å². The van der Waals surface area contributed by atoms with Crippen LogP contribution in [0.15, 0.2) is 41.1 Å². The van der Waals surface area contributed by atoms with Crippen LogP contribution >= 0.6 is 15.9 Å². The molecule has 17 heavy (non-hydrogen) atoms. The molecule has 0 spiro atoms. The molecule has 0 aliphatic heterocycles. The normalized spacial score (nSPS) is 11.1. The molecule has 0 unspecified atom stereocenters. The lowest BCUT2D eigenvalue weighted by atomic mass is 10.2. The Kier molecular flexibility index (Phi) is 2.16. The molecule has 0 atom stereocenters. The van der Waals surface area contributed by atoms with E-state index in [9.17, 15) is 4.79 Å². The Morgan fingerprint density at radius 3 is 2.94 bits per heavy atom. The van der Waals surface area contributed by atoms with Crippen molar-refractivity contribution in [2.75, 3.05) is 0 Å². The smallest absolute Gasteiger partial charge is 0.356 e. The molecule has 0 radical (unpaired) electrons. The lowest BCUT2D eigenvalue weighted by Gasteiger charge is -2.00. The summed E-state index contributed by atoms with van der Waals surface area (Å²) >= 11 is 3.40. The lowest BCUT2D eigenvalue weighted by molar-refractivity contribution is 0.0691. The summed E-state index contributed by atoms with van der Waals surface area (Å²) in [7, 11) is 0. The second kappa shape index (κ2) is 3.56. The first-order chi connectivity index (χ1) is 8.15. The van der Waals surface area contributed by atoms with E-state index in [2.05, 4.69) is 20.9 Å². The molecule has 4 nitrogen and oxygen atoms in total. The van der Waals surface area contributed by atoms with Gasteiger partial charge in [0.1, 0.15) is 5.65 Å². The number of halogens is 1. The average Bonchev–Trinajstić information content (AvgIpc) is 2.73. The highest BCUT2D eigenvalue weighted by molar-refractivity contribution is 9.10. The fraction of sp³-hybridized carbons (Fsp3) is 0. The molecule has 1 N–H and O–H groups in total. The highest BCUT2D eigenvalue weighted by Crippen LogP contribution is 2.23. The predicted octanol–water partition coefficient (Wildman–Crippen LogP) is 2.95. The number of aromatic nitrogens is 2. The quantitative estimate of drug-likeness (QED) is 0.750. The summed E-state index contributed by atoms with van der Waals surface area (Å²) in [5.74, 6) is -1.02. The molecule has 0 aliphatic rings. The third kappa shape index (κ3) is 1.59. The minimum atomic E-state index is -1.02. The monoisotopic (exact) mass is 290 g/mol. The number of fused-ring (bicyclic) bond motifs is 3. The standard InChI is InChI=1S/C12H7BrN2O2/c13-8-2-1-7-3-4-15-6-10(12(16)17)14-11(15)9(7)5-8/h1-6H,(H,16,17). The van der Waals surface area contributed by atoms with Gasteiger partial charge < -0.3 is 9.51 Å². The molecule has 3 rings (SSSR count). The Labute approximate surface area is 105 Å². The molecule has 5 heteroatoms. The van der Waals surface area contributed by atoms with Gasteiger partial charge in [0.2, 0.25) is 0 Å². The van der Waals surface area contributed by atoms with Gasteiger partial charge in [0.25, 0.3) is 0 Å². The summed E-state index contributed by atoms with van der Waals surface area (Å²) in [6, 6.07) is 7.78. The molecule has 0 amide bonds. The van der Waals surface area contributed by atoms with Gasteiger partial charge in [-0.15, -0.1) is 0 Å². The van der Waals surface area contributed by atoms with Crippen LogP contribution in [0.2, 0.25) is 0 Å². The summed E-state index contributed by atoms with van der Waals surface area (Å²) in [5, 5.41) is 10.9. The number of carboxylic acids is 1. The first-order valence-corrected chi connectivity index (χ1v) is 5.75. The first kappa shape index (κ1) is 10.3. The predicted molar refractivity (Wildman–Crippen MR) is 67.4 cm³/mol. The van der Waals surface area contributed by atoms with Crippen LogP contribution < -0.4 is 0 Å². The second-order valence-electron chi connectivity index (χ2n) is 3.71. The van der Waals surface area contributed by atoms with Gasteiger partial charge in [0, 0.05) is 22.3 Å². The molecule has 1 aromatic carbocycles. The van der Waals surface area contributed by atoms with Crippen LogP contribution in [0.4, 0.5) is 0 Å². The molecule has 0 saturated heterocycles. The summed E-state index contributed by atoms with van der Waals surface area (Å²) in [5.41, 5.74) is 0.707. The van der Waals surface area contributed by atoms with Gasteiger partial charge in [-0.3, -0.25) is 0 Å². The zero-order valence-corrected chi connectivity index (χ0v) is 10.2. The number of rotatable bonds is 1. The van der Waals surface area contributed by atoms with Gasteiger partial charge in [-0.05, 0) is 23.6 Å². The SMILES string of the molecule is O=C(O)c1cn2ccc3ccc(Br)cc3c2n1. The number of carbonyl (C=O) groups is 1. The number of nitrogens with zero attached hydrogens (tertiary/aromatic N) is 2. The zero-order chi connectivity index (χ0) is 12.0. The van der Waals surface area contributed by atoms with E-state index < -0.39 is 5.97 Å². The Morgan fingerprint density at radius 1 is 1.35 bits per heavy atom. The first-order valence-electron chi connectivity index (χ1n) is 4.95. The van der Waals surface area contributed by atoms with E-state index in [1.54, 1.807) is 4.40 Å². The van der Waals surface area contributed by atoms with Crippen molar-refractivity contribution in [3.8, 4) is 0 Å². The number of hydrogen-bond donors (Lipinski definition) is 1. The average molecular weight is 291 g/mol.